The first-order valence-electron chi connectivity index (χ1n) is 6.88. The molecule has 0 radical (unpaired) electrons. The Morgan fingerprint density at radius 3 is 2.76 bits per heavy atom. The molecule has 1 aromatic rings. The van der Waals surface area contributed by atoms with Gasteiger partial charge in [0.25, 0.3) is 0 Å². The van der Waals surface area contributed by atoms with Gasteiger partial charge in [-0.1, -0.05) is 5.21 Å². The van der Waals surface area contributed by atoms with Gasteiger partial charge in [0.05, 0.1) is 12.8 Å². The van der Waals surface area contributed by atoms with Crippen molar-refractivity contribution in [2.45, 2.75) is 25.8 Å². The minimum atomic E-state index is -0.600. The Hall–Kier alpha value is -2.18. The van der Waals surface area contributed by atoms with E-state index in [4.69, 9.17) is 0 Å². The third-order valence-corrected chi connectivity index (χ3v) is 3.45. The molecule has 7 nitrogen and oxygen atoms in total. The molecule has 0 bridgehead atoms. The predicted molar refractivity (Wildman–Crippen MR) is 75.3 cm³/mol. The Balaban J connectivity index is 2.11. The Bertz CT molecular complexity index is 577. The van der Waals surface area contributed by atoms with Gasteiger partial charge < -0.3 is 9.64 Å². The van der Waals surface area contributed by atoms with Crippen molar-refractivity contribution in [2.75, 3.05) is 21.2 Å². The fourth-order valence-corrected chi connectivity index (χ4v) is 2.23. The van der Waals surface area contributed by atoms with Gasteiger partial charge in [0, 0.05) is 44.9 Å². The summed E-state index contributed by atoms with van der Waals surface area (Å²) in [5.41, 5.74) is 0.891. The monoisotopic (exact) mass is 292 g/mol. The molecule has 1 fully saturated rings. The summed E-state index contributed by atoms with van der Waals surface area (Å²) in [7, 11) is 4.79. The molecule has 1 heterocycles. The number of ketones is 1. The molecule has 0 N–H and O–H groups in total. The van der Waals surface area contributed by atoms with E-state index in [0.717, 1.165) is 12.2 Å². The van der Waals surface area contributed by atoms with Gasteiger partial charge in [0.15, 0.2) is 5.78 Å². The van der Waals surface area contributed by atoms with E-state index in [1.54, 1.807) is 23.7 Å². The van der Waals surface area contributed by atoms with Crippen LogP contribution in [0.3, 0.4) is 0 Å². The van der Waals surface area contributed by atoms with E-state index in [2.05, 4.69) is 15.0 Å². The zero-order valence-electron chi connectivity index (χ0n) is 12.7. The molecule has 0 saturated heterocycles. The molecule has 0 amide bonds. The molecule has 1 aliphatic rings. The average molecular weight is 292 g/mol. The van der Waals surface area contributed by atoms with Crippen molar-refractivity contribution in [1.82, 2.24) is 19.9 Å². The number of nitrogens with zero attached hydrogens (tertiary/aromatic N) is 4. The number of carbonyl (C=O) groups is 2. The van der Waals surface area contributed by atoms with E-state index in [-0.39, 0.29) is 23.2 Å². The maximum atomic E-state index is 12.5. The van der Waals surface area contributed by atoms with Crippen molar-refractivity contribution in [1.29, 1.82) is 0 Å². The number of aromatic nitrogens is 3. The number of hydrogen-bond acceptors (Lipinski definition) is 6. The highest BCUT2D eigenvalue weighted by Crippen LogP contribution is 2.48. The van der Waals surface area contributed by atoms with Crippen LogP contribution in [0.2, 0.25) is 0 Å². The molecular weight excluding hydrogens is 272 g/mol. The fraction of sp³-hybridized carbons (Fsp3) is 0.571. The summed E-state index contributed by atoms with van der Waals surface area (Å²) in [5.74, 6) is -0.950. The maximum Gasteiger partial charge on any atom is 0.342 e. The number of carbonyl (C=O) groups excluding carboxylic acids is 2. The number of Topliss-reactive ketones (excluding diaryl/α,β-unsaturated/α-hetero) is 1. The van der Waals surface area contributed by atoms with Crippen LogP contribution in [0.25, 0.3) is 0 Å². The largest absolute Gasteiger partial charge is 0.465 e. The third-order valence-electron chi connectivity index (χ3n) is 3.45. The number of methoxy groups -OCH3 is 1. The molecule has 1 aliphatic carbocycles. The van der Waals surface area contributed by atoms with Gasteiger partial charge >= 0.3 is 5.97 Å². The first-order valence-corrected chi connectivity index (χ1v) is 6.88. The van der Waals surface area contributed by atoms with Crippen LogP contribution >= 0.6 is 0 Å². The van der Waals surface area contributed by atoms with Gasteiger partial charge in [-0.25, -0.2) is 4.79 Å². The van der Waals surface area contributed by atoms with E-state index in [0.29, 0.717) is 6.42 Å². The van der Waals surface area contributed by atoms with Crippen molar-refractivity contribution < 1.29 is 14.3 Å². The van der Waals surface area contributed by atoms with Gasteiger partial charge in [0.1, 0.15) is 5.57 Å². The van der Waals surface area contributed by atoms with Gasteiger partial charge in [-0.2, -0.15) is 0 Å². The quantitative estimate of drug-likeness (QED) is 0.330. The van der Waals surface area contributed by atoms with E-state index in [9.17, 15) is 9.59 Å². The highest BCUT2D eigenvalue weighted by molar-refractivity contribution is 6.19. The second-order valence-corrected chi connectivity index (χ2v) is 5.31. The molecule has 1 aromatic heterocycles. The van der Waals surface area contributed by atoms with Crippen molar-refractivity contribution in [3.05, 3.63) is 23.7 Å². The smallest absolute Gasteiger partial charge is 0.342 e. The van der Waals surface area contributed by atoms with E-state index in [1.165, 1.54) is 13.3 Å². The molecule has 114 valence electrons. The molecule has 2 atom stereocenters. The second-order valence-electron chi connectivity index (χ2n) is 5.31. The zero-order valence-corrected chi connectivity index (χ0v) is 12.7. The molecule has 21 heavy (non-hydrogen) atoms. The molecular formula is C14H20N4O3. The number of ether oxygens (including phenoxy) is 1. The standard InChI is InChI=1S/C14H20N4O3/c1-5-18-8-12(15-16-18)9-6-10(9)13(19)11(7-17(2)3)14(20)21-4/h7-10H,5-6H2,1-4H3/t9-,10-/m0/s1. The van der Waals surface area contributed by atoms with Crippen LogP contribution in [0, 0.1) is 5.92 Å². The number of rotatable bonds is 6. The van der Waals surface area contributed by atoms with Crippen LogP contribution in [0.5, 0.6) is 0 Å². The van der Waals surface area contributed by atoms with Crippen LogP contribution in [0.1, 0.15) is 25.0 Å². The van der Waals surface area contributed by atoms with Crippen molar-refractivity contribution >= 4 is 11.8 Å². The highest BCUT2D eigenvalue weighted by Gasteiger charge is 2.47. The Kier molecular flexibility index (Phi) is 4.40. The fourth-order valence-electron chi connectivity index (χ4n) is 2.23. The lowest BCUT2D eigenvalue weighted by molar-refractivity contribution is -0.138. The molecule has 0 aliphatic heterocycles. The molecule has 0 spiro atoms. The third kappa shape index (κ3) is 3.29. The average Bonchev–Trinajstić information content (AvgIpc) is 3.12. The molecule has 0 unspecified atom stereocenters. The minimum absolute atomic E-state index is 0.0491. The lowest BCUT2D eigenvalue weighted by Gasteiger charge is -2.09. The van der Waals surface area contributed by atoms with Gasteiger partial charge in [-0.3, -0.25) is 9.48 Å². The number of esters is 1. The Morgan fingerprint density at radius 1 is 1.52 bits per heavy atom. The topological polar surface area (TPSA) is 77.3 Å². The van der Waals surface area contributed by atoms with Crippen LogP contribution in [-0.2, 0) is 20.9 Å². The number of aryl methyl sites for hydroxylation is 1. The van der Waals surface area contributed by atoms with Crippen LogP contribution in [0.4, 0.5) is 0 Å². The van der Waals surface area contributed by atoms with Crippen LogP contribution in [-0.4, -0.2) is 52.9 Å². The molecule has 1 saturated carbocycles. The Morgan fingerprint density at radius 2 is 2.24 bits per heavy atom. The van der Waals surface area contributed by atoms with Crippen molar-refractivity contribution in [2.24, 2.45) is 5.92 Å². The molecule has 7 heteroatoms. The van der Waals surface area contributed by atoms with Gasteiger partial charge in [-0.15, -0.1) is 5.10 Å². The van der Waals surface area contributed by atoms with E-state index < -0.39 is 5.97 Å². The Labute approximate surface area is 123 Å². The summed E-state index contributed by atoms with van der Waals surface area (Å²) >= 11 is 0. The van der Waals surface area contributed by atoms with Crippen molar-refractivity contribution in [3.63, 3.8) is 0 Å². The van der Waals surface area contributed by atoms with E-state index in [1.807, 2.05) is 13.1 Å². The minimum Gasteiger partial charge on any atom is -0.465 e. The SMILES string of the molecule is CCn1cc([C@H]2C[C@@H]2C(=O)C(=CN(C)C)C(=O)OC)nn1. The maximum absolute atomic E-state index is 12.5. The van der Waals surface area contributed by atoms with Crippen molar-refractivity contribution in [3.8, 4) is 0 Å². The van der Waals surface area contributed by atoms with Crippen LogP contribution < -0.4 is 0 Å². The first-order chi connectivity index (χ1) is 9.97. The summed E-state index contributed by atoms with van der Waals surface area (Å²) in [6.45, 7) is 2.72. The molecule has 2 rings (SSSR count). The highest BCUT2D eigenvalue weighted by atomic mass is 16.5. The lowest BCUT2D eigenvalue weighted by atomic mass is 10.1. The number of hydrogen-bond donors (Lipinski definition) is 0. The lowest BCUT2D eigenvalue weighted by Crippen LogP contribution is -2.19. The van der Waals surface area contributed by atoms with Gasteiger partial charge in [0.2, 0.25) is 0 Å². The summed E-state index contributed by atoms with van der Waals surface area (Å²) in [6, 6.07) is 0. The van der Waals surface area contributed by atoms with Gasteiger partial charge in [-0.05, 0) is 13.3 Å². The summed E-state index contributed by atoms with van der Waals surface area (Å²) in [4.78, 5) is 25.9. The normalized spacial score (nSPS) is 21.0. The molecule has 0 aromatic carbocycles. The predicted octanol–water partition coefficient (Wildman–Crippen LogP) is 0.589. The van der Waals surface area contributed by atoms with E-state index >= 15 is 0 Å². The second kappa shape index (κ2) is 6.07. The summed E-state index contributed by atoms with van der Waals surface area (Å²) in [5, 5.41) is 8.06. The summed E-state index contributed by atoms with van der Waals surface area (Å²) in [6.07, 6.45) is 4.06. The first kappa shape index (κ1) is 15.2. The summed E-state index contributed by atoms with van der Waals surface area (Å²) < 4.78 is 6.42. The zero-order chi connectivity index (χ0) is 15.6. The van der Waals surface area contributed by atoms with Crippen LogP contribution in [0.15, 0.2) is 18.0 Å².